The zero-order chi connectivity index (χ0) is 55.0. The van der Waals surface area contributed by atoms with Gasteiger partial charge in [-0.1, -0.05) is 289 Å². The first-order chi connectivity index (χ1) is 36.4. The van der Waals surface area contributed by atoms with Gasteiger partial charge in [-0.05, 0) is 51.0 Å². The molecule has 0 aromatic rings. The Morgan fingerprint density at radius 1 is 0.453 bits per heavy atom. The van der Waals surface area contributed by atoms with E-state index in [1.165, 1.54) is 212 Å². The number of quaternary nitrogens is 1. The van der Waals surface area contributed by atoms with E-state index in [1.54, 1.807) is 0 Å². The molecule has 3 atom stereocenters. The number of nitrogens with one attached hydrogen (secondary N) is 1. The molecule has 2 N–H and O–H groups in total. The van der Waals surface area contributed by atoms with Crippen molar-refractivity contribution >= 4 is 19.7 Å². The monoisotopic (exact) mass is 1080 g/mol. The lowest BCUT2D eigenvalue weighted by molar-refractivity contribution is -0.870. The Kier molecular flexibility index (Phi) is 54.7. The molecule has 0 rings (SSSR count). The number of hydrogen-bond acceptors (Lipinski definition) is 6. The maximum atomic E-state index is 13.5. The van der Waals surface area contributed by atoms with Crippen molar-refractivity contribution < 1.29 is 37.3 Å². The molecule has 9 nitrogen and oxygen atoms in total. The zero-order valence-corrected chi connectivity index (χ0v) is 51.7. The summed E-state index contributed by atoms with van der Waals surface area (Å²) in [4.78, 5) is 37.7. The summed E-state index contributed by atoms with van der Waals surface area (Å²) in [5.74, 6) is -0.500. The topological polar surface area (TPSA) is 111 Å². The molecule has 0 radical (unpaired) electrons. The minimum absolute atomic E-state index is 0.0420. The molecule has 0 aliphatic heterocycles. The van der Waals surface area contributed by atoms with Crippen LogP contribution in [0, 0.1) is 0 Å². The fourth-order valence-corrected chi connectivity index (χ4v) is 10.5. The number of allylic oxidation sites excluding steroid dienone is 3. The number of hydrogen-bond donors (Lipinski definition) is 2. The van der Waals surface area contributed by atoms with Gasteiger partial charge in [-0.3, -0.25) is 18.6 Å². The van der Waals surface area contributed by atoms with Crippen molar-refractivity contribution in [1.29, 1.82) is 0 Å². The number of amides is 1. The number of likely N-dealkylation sites (N-methyl/N-ethyl adjacent to an activating group) is 1. The Morgan fingerprint density at radius 2 is 0.787 bits per heavy atom. The van der Waals surface area contributed by atoms with Crippen LogP contribution < -0.4 is 5.32 Å². The van der Waals surface area contributed by atoms with Crippen LogP contribution in [0.3, 0.4) is 0 Å². The fourth-order valence-electron chi connectivity index (χ4n) is 9.81. The Morgan fingerprint density at radius 3 is 1.17 bits per heavy atom. The van der Waals surface area contributed by atoms with Gasteiger partial charge in [-0.25, -0.2) is 4.57 Å². The quantitative estimate of drug-likeness (QED) is 0.0205. The van der Waals surface area contributed by atoms with Gasteiger partial charge in [0, 0.05) is 12.8 Å². The van der Waals surface area contributed by atoms with Gasteiger partial charge in [0.1, 0.15) is 19.3 Å². The Balaban J connectivity index is 5.01. The van der Waals surface area contributed by atoms with Crippen LogP contribution in [0.25, 0.3) is 0 Å². The lowest BCUT2D eigenvalue weighted by Gasteiger charge is -2.27. The molecule has 444 valence electrons. The average molecular weight is 1080 g/mol. The first kappa shape index (κ1) is 73.5. The standard InChI is InChI=1S/C65H127N2O7P/c1-7-10-13-16-19-22-25-27-28-29-30-31-32-33-34-35-36-37-38-40-43-46-49-52-55-58-65(69)74-63(56-53-50-47-44-42-39-26-23-20-17-14-11-8-2)62(61-73-75(70,71)72-60-59-67(4,5)6)66-64(68)57-54-51-48-45-41-24-21-18-15-12-9-3/h18,21,53,56,62-63H,7-17,19-20,22-52,54-55,57-61H2,1-6H3,(H-,66,68,70,71)/p+1/b21-18-,56-53-. The van der Waals surface area contributed by atoms with E-state index in [0.717, 1.165) is 83.5 Å². The summed E-state index contributed by atoms with van der Waals surface area (Å²) in [7, 11) is 1.51. The molecule has 0 aliphatic carbocycles. The number of phosphoric acid groups is 1. The van der Waals surface area contributed by atoms with E-state index in [-0.39, 0.29) is 25.1 Å². The number of ether oxygens (including phenoxy) is 1. The van der Waals surface area contributed by atoms with E-state index in [1.807, 2.05) is 33.3 Å². The Bertz CT molecular complexity index is 1340. The predicted molar refractivity (Wildman–Crippen MR) is 323 cm³/mol. The molecule has 0 saturated heterocycles. The minimum Gasteiger partial charge on any atom is -0.456 e. The maximum Gasteiger partial charge on any atom is 0.472 e. The lowest BCUT2D eigenvalue weighted by atomic mass is 10.0. The molecule has 0 heterocycles. The molecule has 3 unspecified atom stereocenters. The van der Waals surface area contributed by atoms with Gasteiger partial charge in [0.05, 0.1) is 33.8 Å². The Labute approximate surface area is 466 Å². The number of nitrogens with zero attached hydrogens (tertiary/aromatic N) is 1. The van der Waals surface area contributed by atoms with Crippen LogP contribution in [-0.4, -0.2) is 74.3 Å². The molecule has 0 saturated carbocycles. The largest absolute Gasteiger partial charge is 0.472 e. The second-order valence-electron chi connectivity index (χ2n) is 23.6. The van der Waals surface area contributed by atoms with Crippen LogP contribution in [-0.2, 0) is 27.9 Å². The van der Waals surface area contributed by atoms with Crippen molar-refractivity contribution in [2.45, 2.75) is 341 Å². The van der Waals surface area contributed by atoms with E-state index in [2.05, 4.69) is 38.2 Å². The van der Waals surface area contributed by atoms with Crippen LogP contribution in [0.2, 0.25) is 0 Å². The first-order valence-corrected chi connectivity index (χ1v) is 34.2. The molecule has 0 aromatic heterocycles. The number of esters is 1. The number of rotatable bonds is 60. The van der Waals surface area contributed by atoms with Crippen LogP contribution >= 0.6 is 7.82 Å². The van der Waals surface area contributed by atoms with E-state index < -0.39 is 20.0 Å². The average Bonchev–Trinajstić information content (AvgIpc) is 3.37. The number of phosphoric ester groups is 1. The fraction of sp³-hybridized carbons (Fsp3) is 0.908. The number of carbonyl (C=O) groups excluding carboxylic acids is 2. The molecular formula is C65H128N2O7P+. The highest BCUT2D eigenvalue weighted by atomic mass is 31.2. The molecule has 0 fully saturated rings. The second-order valence-corrected chi connectivity index (χ2v) is 25.1. The molecule has 0 aliphatic rings. The molecule has 10 heteroatoms. The van der Waals surface area contributed by atoms with Crippen molar-refractivity contribution in [3.8, 4) is 0 Å². The van der Waals surface area contributed by atoms with Gasteiger partial charge in [0.15, 0.2) is 0 Å². The first-order valence-electron chi connectivity index (χ1n) is 32.7. The third-order valence-electron chi connectivity index (χ3n) is 14.9. The van der Waals surface area contributed by atoms with E-state index in [4.69, 9.17) is 13.8 Å². The highest BCUT2D eigenvalue weighted by Crippen LogP contribution is 2.43. The third kappa shape index (κ3) is 57.0. The summed E-state index contributed by atoms with van der Waals surface area (Å²) in [6.07, 6.45) is 66.2. The highest BCUT2D eigenvalue weighted by molar-refractivity contribution is 7.47. The van der Waals surface area contributed by atoms with Crippen LogP contribution in [0.1, 0.15) is 329 Å². The smallest absolute Gasteiger partial charge is 0.456 e. The van der Waals surface area contributed by atoms with Gasteiger partial charge < -0.3 is 19.4 Å². The Hall–Kier alpha value is -1.51. The minimum atomic E-state index is -4.44. The van der Waals surface area contributed by atoms with Crippen LogP contribution in [0.15, 0.2) is 24.3 Å². The van der Waals surface area contributed by atoms with Gasteiger partial charge >= 0.3 is 13.8 Å². The number of unbranched alkanes of at least 4 members (excludes halogenated alkanes) is 42. The van der Waals surface area contributed by atoms with E-state index in [0.29, 0.717) is 23.9 Å². The summed E-state index contributed by atoms with van der Waals surface area (Å²) in [6.45, 7) is 7.01. The summed E-state index contributed by atoms with van der Waals surface area (Å²) >= 11 is 0. The van der Waals surface area contributed by atoms with Crippen molar-refractivity contribution in [1.82, 2.24) is 5.32 Å². The SMILES string of the molecule is CCCC/C=C\CCCCCCCC(=O)NC(COP(=O)(O)OCC[N+](C)(C)C)C(/C=C\CCCCCCCCCCCCC)OC(=O)CCCCCCCCCCCCCCCCCCCCCCCCCCC. The maximum absolute atomic E-state index is 13.5. The van der Waals surface area contributed by atoms with Crippen molar-refractivity contribution in [3.05, 3.63) is 24.3 Å². The highest BCUT2D eigenvalue weighted by Gasteiger charge is 2.30. The number of carbonyl (C=O) groups is 2. The van der Waals surface area contributed by atoms with Crippen molar-refractivity contribution in [2.75, 3.05) is 40.9 Å². The predicted octanol–water partition coefficient (Wildman–Crippen LogP) is 20.1. The molecule has 1 amide bonds. The molecule has 75 heavy (non-hydrogen) atoms. The molecule has 0 aromatic carbocycles. The second kappa shape index (κ2) is 55.8. The van der Waals surface area contributed by atoms with Gasteiger partial charge in [0.2, 0.25) is 5.91 Å². The van der Waals surface area contributed by atoms with E-state index >= 15 is 0 Å². The summed E-state index contributed by atoms with van der Waals surface area (Å²) in [5, 5.41) is 3.05. The van der Waals surface area contributed by atoms with E-state index in [9.17, 15) is 19.0 Å². The lowest BCUT2D eigenvalue weighted by Crippen LogP contribution is -2.47. The van der Waals surface area contributed by atoms with Gasteiger partial charge in [-0.15, -0.1) is 0 Å². The van der Waals surface area contributed by atoms with Crippen LogP contribution in [0.4, 0.5) is 0 Å². The molecule has 0 spiro atoms. The van der Waals surface area contributed by atoms with Crippen molar-refractivity contribution in [2.24, 2.45) is 0 Å². The van der Waals surface area contributed by atoms with Gasteiger partial charge in [-0.2, -0.15) is 0 Å². The van der Waals surface area contributed by atoms with Gasteiger partial charge in [0.25, 0.3) is 0 Å². The van der Waals surface area contributed by atoms with Crippen LogP contribution in [0.5, 0.6) is 0 Å². The molecule has 0 bridgehead atoms. The third-order valence-corrected chi connectivity index (χ3v) is 15.9. The normalized spacial score (nSPS) is 13.7. The van der Waals surface area contributed by atoms with Crippen molar-refractivity contribution in [3.63, 3.8) is 0 Å². The summed E-state index contributed by atoms with van der Waals surface area (Å²) < 4.78 is 30.7. The summed E-state index contributed by atoms with van der Waals surface area (Å²) in [6, 6.07) is -0.846. The summed E-state index contributed by atoms with van der Waals surface area (Å²) in [5.41, 5.74) is 0. The zero-order valence-electron chi connectivity index (χ0n) is 50.8. The molecular weight excluding hydrogens is 952 g/mol.